The molecule has 0 radical (unpaired) electrons. The summed E-state index contributed by atoms with van der Waals surface area (Å²) in [6, 6.07) is 7.54. The van der Waals surface area contributed by atoms with Gasteiger partial charge in [-0.05, 0) is 43.9 Å². The van der Waals surface area contributed by atoms with Crippen LogP contribution in [0.5, 0.6) is 0 Å². The molecule has 1 unspecified atom stereocenters. The lowest BCUT2D eigenvalue weighted by Crippen LogP contribution is -3.00. The zero-order chi connectivity index (χ0) is 11.4. The molecule has 96 valence electrons. The van der Waals surface area contributed by atoms with E-state index in [0.29, 0.717) is 6.04 Å². The first-order valence-corrected chi connectivity index (χ1v) is 6.69. The van der Waals surface area contributed by atoms with Crippen LogP contribution in [-0.4, -0.2) is 11.1 Å². The van der Waals surface area contributed by atoms with Gasteiger partial charge in [0.15, 0.2) is 0 Å². The number of fused-ring (bicyclic) bond motifs is 3. The average Bonchev–Trinajstić information content (AvgIpc) is 2.67. The Kier molecular flexibility index (Phi) is 2.87. The number of nitrogens with zero attached hydrogens (tertiary/aromatic N) is 1. The molecule has 1 aliphatic carbocycles. The van der Waals surface area contributed by atoms with Gasteiger partial charge in [0.1, 0.15) is 0 Å². The Morgan fingerprint density at radius 2 is 2.28 bits per heavy atom. The van der Waals surface area contributed by atoms with E-state index < -0.39 is 0 Å². The van der Waals surface area contributed by atoms with Crippen molar-refractivity contribution in [2.24, 2.45) is 0 Å². The lowest BCUT2D eigenvalue weighted by molar-refractivity contribution is -0.00000350. The number of halogens is 1. The van der Waals surface area contributed by atoms with E-state index in [4.69, 9.17) is 0 Å². The van der Waals surface area contributed by atoms with Crippen LogP contribution in [0.3, 0.4) is 0 Å². The number of aryl methyl sites for hydroxylation is 2. The van der Waals surface area contributed by atoms with Crippen LogP contribution in [-0.2, 0) is 13.0 Å². The number of aromatic nitrogens is 1. The molecular weight excluding hydrogens is 244 g/mol. The molecule has 0 spiro atoms. The Hall–Kier alpha value is -0.990. The maximum Gasteiger partial charge on any atom is 1.00 e. The molecule has 0 bridgehead atoms. The monoisotopic (exact) mass is 262 g/mol. The lowest BCUT2D eigenvalue weighted by atomic mass is 9.90. The molecule has 2 aliphatic rings. The second-order valence-corrected chi connectivity index (χ2v) is 5.43. The predicted molar refractivity (Wildman–Crippen MR) is 71.5 cm³/mol. The maximum atomic E-state index is 3.67. The van der Waals surface area contributed by atoms with Crippen molar-refractivity contribution < 1.29 is 13.8 Å². The molecule has 0 fully saturated rings. The molecule has 2 heterocycles. The van der Waals surface area contributed by atoms with Crippen molar-refractivity contribution >= 4 is 10.9 Å². The van der Waals surface area contributed by atoms with Crippen LogP contribution in [0.1, 0.15) is 37.1 Å². The highest BCUT2D eigenvalue weighted by Crippen LogP contribution is 2.38. The van der Waals surface area contributed by atoms with Crippen LogP contribution in [0.2, 0.25) is 0 Å². The van der Waals surface area contributed by atoms with Crippen LogP contribution < -0.4 is 17.7 Å². The molecule has 1 aromatic carbocycles. The van der Waals surface area contributed by atoms with Gasteiger partial charge in [-0.25, -0.2) is 0 Å². The number of rotatable bonds is 0. The van der Waals surface area contributed by atoms with Crippen LogP contribution in [0.4, 0.5) is 0 Å². The smallest absolute Gasteiger partial charge is 1.00 e. The zero-order valence-corrected chi connectivity index (χ0v) is 11.4. The summed E-state index contributed by atoms with van der Waals surface area (Å²) in [5.41, 5.74) is 6.04. The Morgan fingerprint density at radius 3 is 3.17 bits per heavy atom. The molecule has 3 heteroatoms. The summed E-state index contributed by atoms with van der Waals surface area (Å²) in [5, 5.41) is 5.18. The van der Waals surface area contributed by atoms with Gasteiger partial charge in [0.2, 0.25) is 0 Å². The minimum absolute atomic E-state index is 0. The minimum Gasteiger partial charge on any atom is -1.00 e. The molecule has 0 amide bonds. The fraction of sp³-hybridized carbons (Fsp3) is 0.467. The van der Waals surface area contributed by atoms with Crippen LogP contribution in [0.25, 0.3) is 10.9 Å². The van der Waals surface area contributed by atoms with Crippen LogP contribution in [0.15, 0.2) is 18.2 Å². The van der Waals surface area contributed by atoms with E-state index in [0.717, 1.165) is 13.1 Å². The highest BCUT2D eigenvalue weighted by molar-refractivity contribution is 5.87. The molecule has 0 saturated carbocycles. The molecule has 0 saturated heterocycles. The summed E-state index contributed by atoms with van der Waals surface area (Å²) >= 11 is 0. The summed E-state index contributed by atoms with van der Waals surface area (Å²) < 4.78 is 2.56. The molecule has 2 nitrogen and oxygen atoms in total. The molecule has 18 heavy (non-hydrogen) atoms. The molecule has 1 aromatic heterocycles. The van der Waals surface area contributed by atoms with Gasteiger partial charge in [-0.1, -0.05) is 11.6 Å². The Labute approximate surface area is 115 Å². The number of hydrogen-bond acceptors (Lipinski definition) is 1. The third-order valence-corrected chi connectivity index (χ3v) is 4.34. The highest BCUT2D eigenvalue weighted by atomic mass is 35.5. The van der Waals surface area contributed by atoms with Gasteiger partial charge in [0.05, 0.1) is 0 Å². The Morgan fingerprint density at radius 1 is 1.39 bits per heavy atom. The normalized spacial score (nSPS) is 21.5. The first-order valence-electron chi connectivity index (χ1n) is 6.69. The van der Waals surface area contributed by atoms with Crippen molar-refractivity contribution in [2.45, 2.75) is 38.8 Å². The van der Waals surface area contributed by atoms with E-state index in [1.54, 1.807) is 11.3 Å². The second kappa shape index (κ2) is 4.29. The standard InChI is InChI=1S/C15H18N2.ClH/c1-10-5-6-14-12(9-10)11-3-2-4-13-15(11)17(14)8-7-16-13;/h5-6,9,13,16H,2-4,7-8H2,1H3;1H. The van der Waals surface area contributed by atoms with Gasteiger partial charge >= 0.3 is 1.43 Å². The summed E-state index contributed by atoms with van der Waals surface area (Å²) in [5.74, 6) is 0. The zero-order valence-electron chi connectivity index (χ0n) is 11.7. The molecule has 1 aliphatic heterocycles. The number of hydrogen-bond donors (Lipinski definition) is 1. The third-order valence-electron chi connectivity index (χ3n) is 4.34. The van der Waals surface area contributed by atoms with E-state index >= 15 is 0 Å². The topological polar surface area (TPSA) is 17.0 Å². The van der Waals surface area contributed by atoms with Gasteiger partial charge in [-0.3, -0.25) is 0 Å². The SMILES string of the molecule is Cc1ccc2c(c1)c1c3n2CCNC3CCC1.[Cl-].[H+]. The van der Waals surface area contributed by atoms with Gasteiger partial charge in [-0.15, -0.1) is 0 Å². The molecule has 1 atom stereocenters. The van der Waals surface area contributed by atoms with Gasteiger partial charge in [0, 0.05) is 35.7 Å². The molecular formula is C15H19ClN2. The van der Waals surface area contributed by atoms with Crippen molar-refractivity contribution in [1.29, 1.82) is 0 Å². The summed E-state index contributed by atoms with van der Waals surface area (Å²) in [6.45, 7) is 4.45. The molecule has 4 rings (SSSR count). The van der Waals surface area contributed by atoms with E-state index in [-0.39, 0.29) is 13.8 Å². The average molecular weight is 263 g/mol. The van der Waals surface area contributed by atoms with Crippen molar-refractivity contribution in [1.82, 2.24) is 9.88 Å². The van der Waals surface area contributed by atoms with Crippen LogP contribution >= 0.6 is 0 Å². The summed E-state index contributed by atoms with van der Waals surface area (Å²) in [6.07, 6.45) is 3.90. The first-order chi connectivity index (χ1) is 8.34. The fourth-order valence-corrected chi connectivity index (χ4v) is 3.63. The number of benzene rings is 1. The maximum absolute atomic E-state index is 3.67. The minimum atomic E-state index is 0. The van der Waals surface area contributed by atoms with E-state index in [2.05, 4.69) is 35.0 Å². The first kappa shape index (κ1) is 12.1. The van der Waals surface area contributed by atoms with Gasteiger partial charge < -0.3 is 22.3 Å². The number of nitrogens with one attached hydrogen (secondary N) is 1. The van der Waals surface area contributed by atoms with Crippen molar-refractivity contribution in [2.75, 3.05) is 6.54 Å². The van der Waals surface area contributed by atoms with Crippen molar-refractivity contribution in [3.8, 4) is 0 Å². The second-order valence-electron chi connectivity index (χ2n) is 5.43. The quantitative estimate of drug-likeness (QED) is 0.710. The lowest BCUT2D eigenvalue weighted by Gasteiger charge is -2.31. The van der Waals surface area contributed by atoms with Gasteiger partial charge in [0.25, 0.3) is 0 Å². The van der Waals surface area contributed by atoms with Crippen LogP contribution in [0, 0.1) is 6.92 Å². The van der Waals surface area contributed by atoms with Crippen molar-refractivity contribution in [3.05, 3.63) is 35.0 Å². The Balaban J connectivity index is 0.000000667. The molecule has 1 N–H and O–H groups in total. The van der Waals surface area contributed by atoms with Gasteiger partial charge in [-0.2, -0.15) is 0 Å². The molecule has 2 aromatic rings. The van der Waals surface area contributed by atoms with E-state index in [9.17, 15) is 0 Å². The predicted octanol–water partition coefficient (Wildman–Crippen LogP) is 0.0468. The fourth-order valence-electron chi connectivity index (χ4n) is 3.63. The van der Waals surface area contributed by atoms with E-state index in [1.165, 1.54) is 35.7 Å². The third kappa shape index (κ3) is 1.52. The Bertz CT molecular complexity index is 604. The van der Waals surface area contributed by atoms with E-state index in [1.807, 2.05) is 0 Å². The highest BCUT2D eigenvalue weighted by Gasteiger charge is 2.29. The largest absolute Gasteiger partial charge is 1.00 e. The summed E-state index contributed by atoms with van der Waals surface area (Å²) in [7, 11) is 0. The van der Waals surface area contributed by atoms with Crippen molar-refractivity contribution in [3.63, 3.8) is 0 Å². The summed E-state index contributed by atoms with van der Waals surface area (Å²) in [4.78, 5) is 0.